The van der Waals surface area contributed by atoms with Gasteiger partial charge in [0.2, 0.25) is 10.0 Å². The first-order chi connectivity index (χ1) is 14.6. The van der Waals surface area contributed by atoms with Gasteiger partial charge in [-0.3, -0.25) is 10.8 Å². The number of hydrogen-bond donors (Lipinski definition) is 4. The summed E-state index contributed by atoms with van der Waals surface area (Å²) in [7, 11) is -3.73. The van der Waals surface area contributed by atoms with Gasteiger partial charge >= 0.3 is 31.1 Å². The van der Waals surface area contributed by atoms with Gasteiger partial charge in [-0.25, -0.2) is 23.1 Å². The minimum Gasteiger partial charge on any atom is -0.369 e. The molecule has 0 bridgehead atoms. The molecular weight excluding hydrogens is 652 g/mol. The van der Waals surface area contributed by atoms with Crippen molar-refractivity contribution in [2.45, 2.75) is 36.7 Å². The minimum absolute atomic E-state index is 0. The molecule has 3 aromatic rings. The fourth-order valence-electron chi connectivity index (χ4n) is 3.56. The molecule has 2 atom stereocenters. The maximum atomic E-state index is 13.0. The van der Waals surface area contributed by atoms with Gasteiger partial charge in [-0.05, 0) is 38.0 Å². The van der Waals surface area contributed by atoms with Crippen LogP contribution in [0.15, 0.2) is 35.5 Å². The Morgan fingerprint density at radius 2 is 2.09 bits per heavy atom. The second-order valence-corrected chi connectivity index (χ2v) is 9.61. The molecule has 9 nitrogen and oxygen atoms in total. The molecule has 0 radical (unpaired) electrons. The van der Waals surface area contributed by atoms with Crippen molar-refractivity contribution in [3.63, 3.8) is 0 Å². The van der Waals surface area contributed by atoms with E-state index in [2.05, 4.69) is 39.1 Å². The van der Waals surface area contributed by atoms with E-state index < -0.39 is 15.6 Å². The van der Waals surface area contributed by atoms with Crippen LogP contribution in [0.1, 0.15) is 17.7 Å². The predicted molar refractivity (Wildman–Crippen MR) is 118 cm³/mol. The van der Waals surface area contributed by atoms with Crippen LogP contribution in [0.2, 0.25) is 0 Å². The first-order valence-corrected chi connectivity index (χ1v) is 11.3. The molecule has 2 heterocycles. The van der Waals surface area contributed by atoms with Crippen LogP contribution in [-0.2, 0) is 10.0 Å². The number of anilines is 1. The summed E-state index contributed by atoms with van der Waals surface area (Å²) in [6, 6.07) is 4.70. The molecule has 2 aromatic heterocycles. The van der Waals surface area contributed by atoms with Crippen molar-refractivity contribution in [2.24, 2.45) is 0 Å². The van der Waals surface area contributed by atoms with Gasteiger partial charge in [-0.1, -0.05) is 11.6 Å². The van der Waals surface area contributed by atoms with Gasteiger partial charge in [0.25, 0.3) is 5.82 Å². The summed E-state index contributed by atoms with van der Waals surface area (Å²) in [5.74, 6) is 0.398. The topological polar surface area (TPSA) is 140 Å². The fraction of sp³-hybridized carbons (Fsp3) is 0.286. The normalized spacial score (nSPS) is 20.1. The van der Waals surface area contributed by atoms with Crippen LogP contribution in [-0.4, -0.2) is 41.7 Å². The zero-order valence-corrected chi connectivity index (χ0v) is 23.0. The minimum atomic E-state index is -3.73. The Balaban J connectivity index is 0.00000289. The first-order valence-electron chi connectivity index (χ1n) is 9.86. The summed E-state index contributed by atoms with van der Waals surface area (Å²) < 4.78 is 28.7. The van der Waals surface area contributed by atoms with E-state index in [9.17, 15) is 8.42 Å². The van der Waals surface area contributed by atoms with E-state index in [0.717, 1.165) is 16.8 Å². The van der Waals surface area contributed by atoms with Crippen LogP contribution in [0.4, 0.5) is 5.82 Å². The molecule has 0 spiro atoms. The molecule has 2 unspecified atom stereocenters. The Morgan fingerprint density at radius 3 is 2.75 bits per heavy atom. The second kappa shape index (κ2) is 9.23. The van der Waals surface area contributed by atoms with Crippen LogP contribution in [0.5, 0.6) is 0 Å². The van der Waals surface area contributed by atoms with E-state index in [1.807, 2.05) is 13.8 Å². The van der Waals surface area contributed by atoms with Gasteiger partial charge in [-0.2, -0.15) is 5.10 Å². The third kappa shape index (κ3) is 4.77. The number of benzene rings is 1. The first kappa shape index (κ1) is 24.9. The molecule has 0 saturated heterocycles. The van der Waals surface area contributed by atoms with E-state index in [1.165, 1.54) is 0 Å². The largest absolute Gasteiger partial charge is 2.00 e. The van der Waals surface area contributed by atoms with Crippen molar-refractivity contribution in [1.82, 2.24) is 25.2 Å². The molecule has 4 rings (SSSR count). The maximum absolute atomic E-state index is 13.0. The number of sulfonamides is 1. The van der Waals surface area contributed by atoms with Gasteiger partial charge in [0.05, 0.1) is 11.1 Å². The quantitative estimate of drug-likeness (QED) is 0.277. The summed E-state index contributed by atoms with van der Waals surface area (Å²) in [5, 5.41) is 10.0. The van der Waals surface area contributed by atoms with Crippen molar-refractivity contribution in [3.05, 3.63) is 55.7 Å². The van der Waals surface area contributed by atoms with Crippen molar-refractivity contribution in [2.75, 3.05) is 12.3 Å². The standard InChI is InChI=1S/C21H25N7O2S.U/c1-5-24-21(4)9-18(21)28-31(29,30)14-7-6-12(2)15(8-14)17-11-23-20(22)19(26-17)16-10-25-27-13(16)3;/h6-8,10-11,18,24,28H,1,4-5,9H2,2-3H3,(H2,22,23)(H,25,27);/q-2;+2/p+1. The summed E-state index contributed by atoms with van der Waals surface area (Å²) in [6.45, 7) is 12.0. The summed E-state index contributed by atoms with van der Waals surface area (Å²) in [4.78, 5) is 7.88. The predicted octanol–water partition coefficient (Wildman–Crippen LogP) is 1.20. The average Bonchev–Trinajstić information content (AvgIpc) is 3.12. The Hall–Kier alpha value is -1.77. The maximum Gasteiger partial charge on any atom is 2.00 e. The molecule has 1 aliphatic rings. The van der Waals surface area contributed by atoms with Gasteiger partial charge in [-0.15, -0.1) is 6.54 Å². The Labute approximate surface area is 211 Å². The van der Waals surface area contributed by atoms with Crippen molar-refractivity contribution in [1.29, 1.82) is 0 Å². The molecule has 0 aliphatic heterocycles. The van der Waals surface area contributed by atoms with Gasteiger partial charge in [0.15, 0.2) is 5.69 Å². The molecule has 1 saturated carbocycles. The third-order valence-corrected chi connectivity index (χ3v) is 7.05. The van der Waals surface area contributed by atoms with Crippen molar-refractivity contribution in [3.8, 4) is 22.5 Å². The average molecular weight is 679 g/mol. The van der Waals surface area contributed by atoms with Gasteiger partial charge in [0.1, 0.15) is 11.9 Å². The number of aryl methyl sites for hydroxylation is 2. The van der Waals surface area contributed by atoms with Crippen molar-refractivity contribution >= 4 is 15.8 Å². The third-order valence-electron chi connectivity index (χ3n) is 5.58. The van der Waals surface area contributed by atoms with Crippen LogP contribution < -0.4 is 20.8 Å². The van der Waals surface area contributed by atoms with Gasteiger partial charge < -0.3 is 19.2 Å². The molecule has 166 valence electrons. The number of nitrogens with two attached hydrogens (primary N) is 1. The monoisotopic (exact) mass is 678 g/mol. The molecule has 6 N–H and O–H groups in total. The Morgan fingerprint density at radius 1 is 1.34 bits per heavy atom. The number of hydrogen-bond acceptors (Lipinski definition) is 6. The number of aromatic nitrogens is 4. The van der Waals surface area contributed by atoms with Crippen LogP contribution in [0, 0.1) is 58.8 Å². The molecular formula is C21H26N7O2SU+. The van der Waals surface area contributed by atoms with Crippen LogP contribution in [0.25, 0.3) is 22.5 Å². The van der Waals surface area contributed by atoms with Gasteiger partial charge in [0, 0.05) is 22.9 Å². The van der Waals surface area contributed by atoms with E-state index in [1.54, 1.807) is 30.6 Å². The van der Waals surface area contributed by atoms with E-state index >= 15 is 0 Å². The van der Waals surface area contributed by atoms with E-state index in [0.29, 0.717) is 35.7 Å². The number of nitrogens with zero attached hydrogens (tertiary/aromatic N) is 2. The molecule has 32 heavy (non-hydrogen) atoms. The smallest absolute Gasteiger partial charge is 0.369 e. The molecule has 1 aliphatic carbocycles. The molecule has 1 fully saturated rings. The Bertz CT molecular complexity index is 1240. The number of rotatable bonds is 7. The van der Waals surface area contributed by atoms with E-state index in [-0.39, 0.29) is 42.1 Å². The second-order valence-electron chi connectivity index (χ2n) is 7.89. The SMILES string of the molecule is [CH2-]CNC1([CH2-])CC1NS(=O)(=O)c1ccc(C)c(-c2c[nH+]c(N)c(-c3cn[nH]c3C)n2)c1.[U+2]. The number of nitrogen functional groups attached to an aromatic ring is 1. The summed E-state index contributed by atoms with van der Waals surface area (Å²) in [6.07, 6.45) is 3.94. The zero-order chi connectivity index (χ0) is 22.4. The van der Waals surface area contributed by atoms with Crippen LogP contribution >= 0.6 is 0 Å². The fourth-order valence-corrected chi connectivity index (χ4v) is 4.90. The zero-order valence-electron chi connectivity index (χ0n) is 18.0. The van der Waals surface area contributed by atoms with Crippen molar-refractivity contribution < 1.29 is 44.5 Å². The number of nitrogens with one attached hydrogen (secondary N) is 4. The van der Waals surface area contributed by atoms with E-state index in [4.69, 9.17) is 10.7 Å². The number of aromatic amines is 2. The molecule has 0 amide bonds. The number of H-pyrrole nitrogens is 2. The molecule has 11 heteroatoms. The Kier molecular flexibility index (Phi) is 7.18. The summed E-state index contributed by atoms with van der Waals surface area (Å²) in [5.41, 5.74) is 9.90. The van der Waals surface area contributed by atoms with Crippen LogP contribution in [0.3, 0.4) is 0 Å². The summed E-state index contributed by atoms with van der Waals surface area (Å²) >= 11 is 0. The molecule has 1 aromatic carbocycles.